The van der Waals surface area contributed by atoms with Crippen LogP contribution in [-0.2, 0) is 11.3 Å². The standard InChI is InChI=1S/C22H19N5O2S/c28-20(25-17-8-4-10-23-12-17)13-24-22(29)18-15-27(14-16-6-2-1-3-7-16)26-21(18)19-9-5-11-30-19/h1-12,15H,13-14H2,(H,24,29)(H,25,28). The summed E-state index contributed by atoms with van der Waals surface area (Å²) in [5.74, 6) is -0.676. The van der Waals surface area contributed by atoms with Crippen molar-refractivity contribution < 1.29 is 9.59 Å². The fraction of sp³-hybridized carbons (Fsp3) is 0.0909. The number of carbonyl (C=O) groups is 2. The summed E-state index contributed by atoms with van der Waals surface area (Å²) < 4.78 is 1.75. The smallest absolute Gasteiger partial charge is 0.255 e. The summed E-state index contributed by atoms with van der Waals surface area (Å²) in [7, 11) is 0. The van der Waals surface area contributed by atoms with E-state index in [-0.39, 0.29) is 18.4 Å². The molecule has 30 heavy (non-hydrogen) atoms. The maximum Gasteiger partial charge on any atom is 0.255 e. The van der Waals surface area contributed by atoms with Gasteiger partial charge in [-0.25, -0.2) is 0 Å². The highest BCUT2D eigenvalue weighted by atomic mass is 32.1. The number of pyridine rings is 1. The lowest BCUT2D eigenvalue weighted by Crippen LogP contribution is -2.33. The molecule has 0 radical (unpaired) electrons. The molecule has 0 atom stereocenters. The fourth-order valence-corrected chi connectivity index (χ4v) is 3.66. The van der Waals surface area contributed by atoms with Gasteiger partial charge in [-0.3, -0.25) is 19.3 Å². The molecule has 7 nitrogen and oxygen atoms in total. The zero-order valence-electron chi connectivity index (χ0n) is 16.0. The Labute approximate surface area is 177 Å². The minimum absolute atomic E-state index is 0.151. The number of amides is 2. The van der Waals surface area contributed by atoms with E-state index in [1.165, 1.54) is 11.3 Å². The van der Waals surface area contributed by atoms with Crippen molar-refractivity contribution in [3.8, 4) is 10.6 Å². The first kappa shape index (κ1) is 19.5. The predicted octanol–water partition coefficient (Wildman–Crippen LogP) is 3.42. The number of carbonyl (C=O) groups excluding carboxylic acids is 2. The number of hydrogen-bond donors (Lipinski definition) is 2. The van der Waals surface area contributed by atoms with Crippen LogP contribution in [0.2, 0.25) is 0 Å². The third-order valence-corrected chi connectivity index (χ3v) is 5.18. The largest absolute Gasteiger partial charge is 0.343 e. The number of anilines is 1. The number of hydrogen-bond acceptors (Lipinski definition) is 5. The van der Waals surface area contributed by atoms with Crippen LogP contribution in [0, 0.1) is 0 Å². The molecule has 0 aliphatic rings. The highest BCUT2D eigenvalue weighted by Gasteiger charge is 2.19. The van der Waals surface area contributed by atoms with Crippen molar-refractivity contribution in [2.75, 3.05) is 11.9 Å². The van der Waals surface area contributed by atoms with Crippen LogP contribution < -0.4 is 10.6 Å². The lowest BCUT2D eigenvalue weighted by Gasteiger charge is -2.06. The third-order valence-electron chi connectivity index (χ3n) is 4.30. The van der Waals surface area contributed by atoms with Crippen LogP contribution in [-0.4, -0.2) is 33.1 Å². The molecular weight excluding hydrogens is 398 g/mol. The molecule has 0 fully saturated rings. The van der Waals surface area contributed by atoms with Gasteiger partial charge in [-0.1, -0.05) is 36.4 Å². The van der Waals surface area contributed by atoms with Gasteiger partial charge in [-0.05, 0) is 29.1 Å². The highest BCUT2D eigenvalue weighted by molar-refractivity contribution is 7.13. The number of thiophene rings is 1. The van der Waals surface area contributed by atoms with E-state index in [0.717, 1.165) is 10.4 Å². The number of rotatable bonds is 7. The van der Waals surface area contributed by atoms with E-state index in [1.54, 1.807) is 35.4 Å². The first-order valence-electron chi connectivity index (χ1n) is 9.32. The number of nitrogens with one attached hydrogen (secondary N) is 2. The van der Waals surface area contributed by atoms with Crippen molar-refractivity contribution in [3.05, 3.63) is 89.7 Å². The Morgan fingerprint density at radius 3 is 2.63 bits per heavy atom. The molecule has 8 heteroatoms. The topological polar surface area (TPSA) is 88.9 Å². The van der Waals surface area contributed by atoms with Crippen LogP contribution in [0.1, 0.15) is 15.9 Å². The number of benzene rings is 1. The summed E-state index contributed by atoms with van der Waals surface area (Å²) >= 11 is 1.51. The van der Waals surface area contributed by atoms with Crippen LogP contribution in [0.3, 0.4) is 0 Å². The van der Waals surface area contributed by atoms with Gasteiger partial charge >= 0.3 is 0 Å². The molecule has 0 bridgehead atoms. The Kier molecular flexibility index (Phi) is 5.95. The van der Waals surface area contributed by atoms with Crippen molar-refractivity contribution in [1.29, 1.82) is 0 Å². The number of nitrogens with zero attached hydrogens (tertiary/aromatic N) is 3. The second kappa shape index (κ2) is 9.15. The molecule has 0 aliphatic carbocycles. The molecule has 4 aromatic rings. The predicted molar refractivity (Wildman–Crippen MR) is 116 cm³/mol. The van der Waals surface area contributed by atoms with Gasteiger partial charge < -0.3 is 10.6 Å². The van der Waals surface area contributed by atoms with Crippen LogP contribution in [0.4, 0.5) is 5.69 Å². The summed E-state index contributed by atoms with van der Waals surface area (Å²) in [6.07, 6.45) is 4.88. The molecule has 0 spiro atoms. The minimum atomic E-state index is -0.348. The zero-order valence-corrected chi connectivity index (χ0v) is 16.8. The van der Waals surface area contributed by atoms with Gasteiger partial charge in [0.05, 0.1) is 35.4 Å². The third kappa shape index (κ3) is 4.79. The first-order valence-corrected chi connectivity index (χ1v) is 10.2. The summed E-state index contributed by atoms with van der Waals surface area (Å²) in [4.78, 5) is 29.8. The van der Waals surface area contributed by atoms with E-state index in [0.29, 0.717) is 23.5 Å². The second-order valence-corrected chi connectivity index (χ2v) is 7.47. The second-order valence-electron chi connectivity index (χ2n) is 6.52. The van der Waals surface area contributed by atoms with E-state index in [2.05, 4.69) is 20.7 Å². The molecule has 0 unspecified atom stereocenters. The van der Waals surface area contributed by atoms with E-state index in [9.17, 15) is 9.59 Å². The molecule has 0 saturated carbocycles. The van der Waals surface area contributed by atoms with Crippen LogP contribution >= 0.6 is 11.3 Å². The minimum Gasteiger partial charge on any atom is -0.343 e. The average molecular weight is 417 g/mol. The summed E-state index contributed by atoms with van der Waals surface area (Å²) in [6.45, 7) is 0.398. The molecule has 2 amide bonds. The van der Waals surface area contributed by atoms with Gasteiger partial charge in [0, 0.05) is 12.4 Å². The van der Waals surface area contributed by atoms with Crippen molar-refractivity contribution in [2.24, 2.45) is 0 Å². The van der Waals surface area contributed by atoms with E-state index < -0.39 is 0 Å². The quantitative estimate of drug-likeness (QED) is 0.482. The van der Waals surface area contributed by atoms with Gasteiger partial charge in [0.2, 0.25) is 5.91 Å². The fourth-order valence-electron chi connectivity index (χ4n) is 2.93. The zero-order chi connectivity index (χ0) is 20.8. The van der Waals surface area contributed by atoms with Crippen molar-refractivity contribution in [1.82, 2.24) is 20.1 Å². The maximum atomic E-state index is 12.8. The van der Waals surface area contributed by atoms with Crippen molar-refractivity contribution in [2.45, 2.75) is 6.54 Å². The van der Waals surface area contributed by atoms with Gasteiger partial charge in [0.25, 0.3) is 5.91 Å². The normalized spacial score (nSPS) is 10.5. The Morgan fingerprint density at radius 1 is 1.03 bits per heavy atom. The Bertz CT molecular complexity index is 1130. The summed E-state index contributed by atoms with van der Waals surface area (Å²) in [5, 5.41) is 11.9. The average Bonchev–Trinajstić information content (AvgIpc) is 3.43. The first-order chi connectivity index (χ1) is 14.7. The Hall–Kier alpha value is -3.78. The molecule has 1 aromatic carbocycles. The Morgan fingerprint density at radius 2 is 1.90 bits per heavy atom. The molecular formula is C22H19N5O2S. The van der Waals surface area contributed by atoms with Gasteiger partial charge in [-0.2, -0.15) is 5.10 Å². The van der Waals surface area contributed by atoms with Crippen LogP contribution in [0.15, 0.2) is 78.6 Å². The number of aromatic nitrogens is 3. The monoisotopic (exact) mass is 417 g/mol. The molecule has 0 saturated heterocycles. The van der Waals surface area contributed by atoms with Crippen molar-refractivity contribution in [3.63, 3.8) is 0 Å². The Balaban J connectivity index is 1.48. The van der Waals surface area contributed by atoms with Gasteiger partial charge in [0.15, 0.2) is 0 Å². The lowest BCUT2D eigenvalue weighted by molar-refractivity contribution is -0.115. The van der Waals surface area contributed by atoms with E-state index in [1.807, 2.05) is 47.8 Å². The molecule has 3 heterocycles. The van der Waals surface area contributed by atoms with Crippen LogP contribution in [0.5, 0.6) is 0 Å². The van der Waals surface area contributed by atoms with Crippen LogP contribution in [0.25, 0.3) is 10.6 Å². The maximum absolute atomic E-state index is 12.8. The summed E-state index contributed by atoms with van der Waals surface area (Å²) in [5.41, 5.74) is 2.70. The SMILES string of the molecule is O=C(CNC(=O)c1cn(Cc2ccccc2)nc1-c1cccs1)Nc1cccnc1. The van der Waals surface area contributed by atoms with Gasteiger partial charge in [-0.15, -0.1) is 11.3 Å². The highest BCUT2D eigenvalue weighted by Crippen LogP contribution is 2.27. The van der Waals surface area contributed by atoms with E-state index >= 15 is 0 Å². The van der Waals surface area contributed by atoms with E-state index in [4.69, 9.17) is 0 Å². The lowest BCUT2D eigenvalue weighted by atomic mass is 10.2. The summed E-state index contributed by atoms with van der Waals surface area (Å²) in [6, 6.07) is 17.2. The molecule has 3 aromatic heterocycles. The van der Waals surface area contributed by atoms with Gasteiger partial charge in [0.1, 0.15) is 5.69 Å². The molecule has 4 rings (SSSR count). The molecule has 0 aliphatic heterocycles. The van der Waals surface area contributed by atoms with Crippen molar-refractivity contribution >= 4 is 28.8 Å². The molecule has 2 N–H and O–H groups in total. The molecule has 150 valence electrons.